The van der Waals surface area contributed by atoms with Gasteiger partial charge in [-0.05, 0) is 38.5 Å². The number of nitrogens with two attached hydrogens (primary N) is 1. The van der Waals surface area contributed by atoms with Crippen molar-refractivity contribution >= 4 is 34.4 Å². The number of ether oxygens (including phenoxy) is 1. The number of fused-ring (bicyclic) bond motifs is 1. The fourth-order valence-corrected chi connectivity index (χ4v) is 4.48. The fraction of sp³-hybridized carbons (Fsp3) is 0.308. The first-order chi connectivity index (χ1) is 17.7. The van der Waals surface area contributed by atoms with Crippen molar-refractivity contribution in [2.24, 2.45) is 0 Å². The molecule has 0 saturated carbocycles. The minimum Gasteiger partial charge on any atom is -0.493 e. The van der Waals surface area contributed by atoms with Crippen molar-refractivity contribution in [2.75, 3.05) is 26.4 Å². The van der Waals surface area contributed by atoms with Crippen LogP contribution in [0.1, 0.15) is 47.2 Å². The number of nitrogen functional groups attached to an aromatic ring is 1. The van der Waals surface area contributed by atoms with Crippen molar-refractivity contribution in [1.29, 1.82) is 5.26 Å². The predicted octanol–water partition coefficient (Wildman–Crippen LogP) is 4.21. The second-order valence-electron chi connectivity index (χ2n) is 8.70. The van der Waals surface area contributed by atoms with Gasteiger partial charge in [-0.3, -0.25) is 9.78 Å². The number of halogens is 1. The maximum atomic E-state index is 12.3. The highest BCUT2D eigenvalue weighted by Crippen LogP contribution is 2.43. The average molecular weight is 519 g/mol. The van der Waals surface area contributed by atoms with Gasteiger partial charge in [-0.1, -0.05) is 17.7 Å². The Balaban J connectivity index is 1.92. The minimum atomic E-state index is -0.384. The quantitative estimate of drug-likeness (QED) is 0.384. The zero-order valence-corrected chi connectivity index (χ0v) is 22.0. The lowest BCUT2D eigenvalue weighted by Crippen LogP contribution is -2.22. The van der Waals surface area contributed by atoms with E-state index >= 15 is 0 Å². The molecule has 1 aromatic carbocycles. The molecule has 10 nitrogen and oxygen atoms in total. The molecule has 0 fully saturated rings. The molecule has 11 heteroatoms. The monoisotopic (exact) mass is 518 g/mol. The number of nitriles is 1. The first-order valence-electron chi connectivity index (χ1n) is 11.7. The van der Waals surface area contributed by atoms with E-state index < -0.39 is 0 Å². The summed E-state index contributed by atoms with van der Waals surface area (Å²) in [6, 6.07) is 7.12. The maximum Gasteiger partial charge on any atom is 0.271 e. The summed E-state index contributed by atoms with van der Waals surface area (Å²) in [6.45, 7) is 6.18. The summed E-state index contributed by atoms with van der Waals surface area (Å²) in [5, 5.41) is 15.1. The molecule has 4 rings (SSSR count). The molecule has 3 heterocycles. The Labute approximate surface area is 219 Å². The van der Waals surface area contributed by atoms with Crippen LogP contribution in [0.5, 0.6) is 5.75 Å². The Bertz CT molecular complexity index is 1520. The first kappa shape index (κ1) is 25.9. The third-order valence-corrected chi connectivity index (χ3v) is 6.52. The number of aromatic nitrogens is 5. The highest BCUT2D eigenvalue weighted by Gasteiger charge is 2.26. The van der Waals surface area contributed by atoms with Gasteiger partial charge in [0, 0.05) is 42.0 Å². The van der Waals surface area contributed by atoms with E-state index in [1.807, 2.05) is 32.9 Å². The molecule has 3 aromatic heterocycles. The number of nitrogens with zero attached hydrogens (tertiary/aromatic N) is 7. The number of hydrogen-bond acceptors (Lipinski definition) is 8. The number of carbonyl (C=O) groups is 1. The topological polar surface area (TPSA) is 136 Å². The van der Waals surface area contributed by atoms with Gasteiger partial charge in [0.2, 0.25) is 0 Å². The largest absolute Gasteiger partial charge is 0.493 e. The van der Waals surface area contributed by atoms with Crippen molar-refractivity contribution in [3.05, 3.63) is 58.3 Å². The van der Waals surface area contributed by atoms with Gasteiger partial charge in [0.05, 0.1) is 36.2 Å². The van der Waals surface area contributed by atoms with Crippen LogP contribution in [0.2, 0.25) is 5.02 Å². The van der Waals surface area contributed by atoms with E-state index in [1.54, 1.807) is 31.0 Å². The molecule has 37 heavy (non-hydrogen) atoms. The second-order valence-corrected chi connectivity index (χ2v) is 9.11. The highest BCUT2D eigenvalue weighted by atomic mass is 35.5. The Hall–Kier alpha value is -4.23. The van der Waals surface area contributed by atoms with Gasteiger partial charge < -0.3 is 15.4 Å². The molecule has 1 amide bonds. The number of benzene rings is 1. The molecule has 1 atom stereocenters. The summed E-state index contributed by atoms with van der Waals surface area (Å²) < 4.78 is 7.91. The van der Waals surface area contributed by atoms with Crippen LogP contribution in [-0.2, 0) is 6.42 Å². The average Bonchev–Trinajstić information content (AvgIpc) is 3.25. The van der Waals surface area contributed by atoms with Gasteiger partial charge in [0.25, 0.3) is 5.91 Å². The van der Waals surface area contributed by atoms with E-state index in [0.29, 0.717) is 39.8 Å². The van der Waals surface area contributed by atoms with Crippen molar-refractivity contribution < 1.29 is 9.53 Å². The Morgan fingerprint density at radius 3 is 2.68 bits per heavy atom. The van der Waals surface area contributed by atoms with Crippen LogP contribution in [0.4, 0.5) is 5.82 Å². The Morgan fingerprint density at radius 2 is 2.05 bits per heavy atom. The summed E-state index contributed by atoms with van der Waals surface area (Å²) in [7, 11) is 3.36. The van der Waals surface area contributed by atoms with E-state index in [-0.39, 0.29) is 24.2 Å². The smallest absolute Gasteiger partial charge is 0.271 e. The fourth-order valence-electron chi connectivity index (χ4n) is 4.27. The molecule has 0 bridgehead atoms. The number of amides is 1. The molecule has 2 N–H and O–H groups in total. The van der Waals surface area contributed by atoms with Crippen LogP contribution in [0.3, 0.4) is 0 Å². The summed E-state index contributed by atoms with van der Waals surface area (Å²) in [6.07, 6.45) is 3.09. The summed E-state index contributed by atoms with van der Waals surface area (Å²) >= 11 is 6.74. The van der Waals surface area contributed by atoms with Crippen LogP contribution >= 0.6 is 11.6 Å². The molecule has 0 saturated heterocycles. The van der Waals surface area contributed by atoms with E-state index in [2.05, 4.69) is 26.1 Å². The summed E-state index contributed by atoms with van der Waals surface area (Å²) in [5.41, 5.74) is 10.6. The molecule has 0 aliphatic rings. The zero-order valence-electron chi connectivity index (χ0n) is 21.3. The number of anilines is 1. The predicted molar refractivity (Wildman–Crippen MR) is 141 cm³/mol. The van der Waals surface area contributed by atoms with Gasteiger partial charge in [-0.25, -0.2) is 14.6 Å². The standard InChI is InChI=1S/C26H27ClN8O2/c1-6-37-23-17(15(3)35-25-22(19(33-35)9-10-28)24(29)31-13-32-25)11-18(27)14(2)21(23)16-7-8-20(30-12-16)26(36)34(4)5/h7-8,11-13,15H,6,9H2,1-5H3,(H2,29,31,32). The van der Waals surface area contributed by atoms with Crippen LogP contribution < -0.4 is 10.5 Å². The summed E-state index contributed by atoms with van der Waals surface area (Å²) in [5.74, 6) is 0.700. The number of pyridine rings is 1. The molecule has 0 aliphatic heterocycles. The van der Waals surface area contributed by atoms with Crippen molar-refractivity contribution in [1.82, 2.24) is 29.6 Å². The SMILES string of the molecule is CCOc1c(C(C)n2nc(CC#N)c3c(N)ncnc32)cc(Cl)c(C)c1-c1ccc(C(=O)N(C)C)nc1. The van der Waals surface area contributed by atoms with Crippen molar-refractivity contribution in [3.8, 4) is 22.9 Å². The van der Waals surface area contributed by atoms with Crippen LogP contribution in [-0.4, -0.2) is 56.2 Å². The molecule has 0 spiro atoms. The second kappa shape index (κ2) is 10.4. The first-order valence-corrected chi connectivity index (χ1v) is 12.1. The van der Waals surface area contributed by atoms with Crippen molar-refractivity contribution in [3.63, 3.8) is 0 Å². The lowest BCUT2D eigenvalue weighted by Gasteiger charge is -2.23. The molecule has 4 aromatic rings. The van der Waals surface area contributed by atoms with Gasteiger partial charge in [-0.2, -0.15) is 10.4 Å². The molecule has 190 valence electrons. The van der Waals surface area contributed by atoms with Gasteiger partial charge >= 0.3 is 0 Å². The van der Waals surface area contributed by atoms with Crippen LogP contribution in [0.25, 0.3) is 22.2 Å². The Morgan fingerprint density at radius 1 is 1.30 bits per heavy atom. The third-order valence-electron chi connectivity index (χ3n) is 6.12. The third kappa shape index (κ3) is 4.66. The zero-order chi connectivity index (χ0) is 26.9. The number of carbonyl (C=O) groups excluding carboxylic acids is 1. The van der Waals surface area contributed by atoms with E-state index in [4.69, 9.17) is 22.1 Å². The van der Waals surface area contributed by atoms with E-state index in [1.165, 1.54) is 11.2 Å². The van der Waals surface area contributed by atoms with Crippen LogP contribution in [0, 0.1) is 18.3 Å². The van der Waals surface area contributed by atoms with Gasteiger partial charge in [-0.15, -0.1) is 0 Å². The number of hydrogen-bond donors (Lipinski definition) is 1. The summed E-state index contributed by atoms with van der Waals surface area (Å²) in [4.78, 5) is 26.7. The minimum absolute atomic E-state index is 0.0652. The van der Waals surface area contributed by atoms with E-state index in [9.17, 15) is 10.1 Å². The van der Waals surface area contributed by atoms with Crippen LogP contribution in [0.15, 0.2) is 30.7 Å². The lowest BCUT2D eigenvalue weighted by molar-refractivity contribution is 0.0822. The molecule has 0 radical (unpaired) electrons. The molecular formula is C26H27ClN8O2. The number of rotatable bonds is 7. The van der Waals surface area contributed by atoms with Gasteiger partial charge in [0.1, 0.15) is 23.6 Å². The highest BCUT2D eigenvalue weighted by molar-refractivity contribution is 6.32. The van der Waals surface area contributed by atoms with Crippen molar-refractivity contribution in [2.45, 2.75) is 33.2 Å². The normalized spacial score (nSPS) is 11.8. The Kier molecular flexibility index (Phi) is 7.27. The van der Waals surface area contributed by atoms with E-state index in [0.717, 1.165) is 22.3 Å². The molecule has 1 unspecified atom stereocenters. The molecular weight excluding hydrogens is 492 g/mol. The lowest BCUT2D eigenvalue weighted by atomic mass is 9.94. The maximum absolute atomic E-state index is 12.3. The van der Waals surface area contributed by atoms with Gasteiger partial charge in [0.15, 0.2) is 5.65 Å². The molecule has 0 aliphatic carbocycles.